The van der Waals surface area contributed by atoms with Crippen LogP contribution in [0.1, 0.15) is 33.1 Å². The van der Waals surface area contributed by atoms with Crippen LogP contribution in [-0.4, -0.2) is 57.1 Å². The van der Waals surface area contributed by atoms with E-state index in [0.29, 0.717) is 10.0 Å². The second-order valence-electron chi connectivity index (χ2n) is 6.38. The second kappa shape index (κ2) is 13.9. The quantitative estimate of drug-likeness (QED) is 0.656. The molecule has 0 amide bonds. The smallest absolute Gasteiger partial charge is 0.0825 e. The van der Waals surface area contributed by atoms with Crippen LogP contribution in [0.3, 0.4) is 0 Å². The topological polar surface area (TPSA) is 18.5 Å². The molecule has 0 aromatic heterocycles. The summed E-state index contributed by atoms with van der Waals surface area (Å²) in [6, 6.07) is 5.90. The van der Waals surface area contributed by atoms with Gasteiger partial charge in [0.25, 0.3) is 0 Å². The Morgan fingerprint density at radius 3 is 2.23 bits per heavy atom. The first-order valence-electron chi connectivity index (χ1n) is 9.74. The maximum Gasteiger partial charge on any atom is 0.0825 e. The molecule has 1 aromatic carbocycles. The highest BCUT2D eigenvalue weighted by Crippen LogP contribution is 2.32. The van der Waals surface area contributed by atoms with Gasteiger partial charge in [0.15, 0.2) is 0 Å². The zero-order chi connectivity index (χ0) is 19.4. The predicted octanol–water partition coefficient (Wildman–Crippen LogP) is 5.39. The maximum absolute atomic E-state index is 6.33. The Morgan fingerprint density at radius 2 is 1.62 bits per heavy atom. The number of alkyl halides is 1. The molecule has 0 aliphatic carbocycles. The fourth-order valence-corrected chi connectivity index (χ4v) is 3.90. The van der Waals surface area contributed by atoms with E-state index in [1.807, 2.05) is 26.0 Å². The zero-order valence-corrected chi connectivity index (χ0v) is 18.7. The number of hydrogen-bond acceptors (Lipinski definition) is 3. The molecule has 6 heteroatoms. The average molecular weight is 423 g/mol. The minimum Gasteiger partial charge on any atom is -0.368 e. The molecule has 2 saturated heterocycles. The standard InChI is InChI=1S/C17H25Cl2N3.C2H6.CH3Cl/c18-15-2-1-3-16(17(15)19)22-12-10-21(11-13-22)9-6-14-4-7-20-8-5-14;2*1-2/h1-3,14,20H,4-13H2;1-2H3;1H3. The van der Waals surface area contributed by atoms with Gasteiger partial charge in [-0.25, -0.2) is 0 Å². The van der Waals surface area contributed by atoms with Crippen molar-refractivity contribution in [2.75, 3.05) is 57.1 Å². The lowest BCUT2D eigenvalue weighted by atomic mass is 9.94. The normalized spacial score (nSPS) is 18.5. The van der Waals surface area contributed by atoms with Gasteiger partial charge in [0, 0.05) is 32.6 Å². The molecule has 0 spiro atoms. The number of piperazine rings is 1. The third kappa shape index (κ3) is 7.44. The Hall–Kier alpha value is -0.190. The number of benzene rings is 1. The number of hydrogen-bond donors (Lipinski definition) is 1. The Balaban J connectivity index is 0.000000791. The fraction of sp³-hybridized carbons (Fsp3) is 0.700. The van der Waals surface area contributed by atoms with Crippen molar-refractivity contribution in [1.82, 2.24) is 10.2 Å². The maximum atomic E-state index is 6.33. The third-order valence-electron chi connectivity index (χ3n) is 4.96. The molecule has 0 unspecified atom stereocenters. The number of halogens is 3. The molecule has 2 fully saturated rings. The van der Waals surface area contributed by atoms with Crippen molar-refractivity contribution < 1.29 is 0 Å². The molecule has 1 aromatic rings. The van der Waals surface area contributed by atoms with Crippen LogP contribution in [-0.2, 0) is 0 Å². The number of anilines is 1. The van der Waals surface area contributed by atoms with E-state index in [1.54, 1.807) is 0 Å². The van der Waals surface area contributed by atoms with E-state index in [9.17, 15) is 0 Å². The van der Waals surface area contributed by atoms with Crippen LogP contribution >= 0.6 is 34.8 Å². The van der Waals surface area contributed by atoms with Gasteiger partial charge in [0.2, 0.25) is 0 Å². The first-order valence-corrected chi connectivity index (χ1v) is 11.2. The van der Waals surface area contributed by atoms with Gasteiger partial charge in [-0.15, -0.1) is 11.6 Å². The minimum atomic E-state index is 0.646. The summed E-state index contributed by atoms with van der Waals surface area (Å²) in [5.74, 6) is 0.918. The van der Waals surface area contributed by atoms with Crippen LogP contribution in [0, 0.1) is 5.92 Å². The van der Waals surface area contributed by atoms with Gasteiger partial charge in [0.1, 0.15) is 0 Å². The number of piperidine rings is 1. The highest BCUT2D eigenvalue weighted by atomic mass is 35.5. The largest absolute Gasteiger partial charge is 0.368 e. The van der Waals surface area contributed by atoms with Gasteiger partial charge in [-0.2, -0.15) is 0 Å². The first kappa shape index (κ1) is 23.8. The van der Waals surface area contributed by atoms with E-state index in [1.165, 1.54) is 45.3 Å². The van der Waals surface area contributed by atoms with Gasteiger partial charge >= 0.3 is 0 Å². The van der Waals surface area contributed by atoms with Crippen LogP contribution in [0.4, 0.5) is 5.69 Å². The molecule has 1 N–H and O–H groups in total. The van der Waals surface area contributed by atoms with E-state index in [0.717, 1.165) is 37.8 Å². The Labute approximate surface area is 175 Å². The van der Waals surface area contributed by atoms with Gasteiger partial charge in [0.05, 0.1) is 15.7 Å². The lowest BCUT2D eigenvalue weighted by Gasteiger charge is -2.37. The summed E-state index contributed by atoms with van der Waals surface area (Å²) in [6.45, 7) is 11.9. The van der Waals surface area contributed by atoms with E-state index in [4.69, 9.17) is 23.2 Å². The van der Waals surface area contributed by atoms with Crippen LogP contribution in [0.2, 0.25) is 10.0 Å². The van der Waals surface area contributed by atoms with Crippen molar-refractivity contribution in [1.29, 1.82) is 0 Å². The Bertz CT molecular complexity index is 485. The van der Waals surface area contributed by atoms with Crippen molar-refractivity contribution in [3.05, 3.63) is 28.2 Å². The van der Waals surface area contributed by atoms with E-state index in [-0.39, 0.29) is 0 Å². The molecule has 3 nitrogen and oxygen atoms in total. The number of rotatable bonds is 4. The van der Waals surface area contributed by atoms with Gasteiger partial charge < -0.3 is 10.2 Å². The number of nitrogens with zero attached hydrogens (tertiary/aromatic N) is 2. The molecule has 0 bridgehead atoms. The monoisotopic (exact) mass is 421 g/mol. The van der Waals surface area contributed by atoms with E-state index >= 15 is 0 Å². The van der Waals surface area contributed by atoms with Crippen molar-refractivity contribution in [3.63, 3.8) is 0 Å². The summed E-state index contributed by atoms with van der Waals surface area (Å²) in [5.41, 5.74) is 1.08. The molecular formula is C20H34Cl3N3. The van der Waals surface area contributed by atoms with Crippen LogP contribution < -0.4 is 10.2 Å². The van der Waals surface area contributed by atoms with E-state index in [2.05, 4.69) is 32.8 Å². The molecule has 2 aliphatic heterocycles. The summed E-state index contributed by atoms with van der Waals surface area (Å²) in [6.07, 6.45) is 5.51. The third-order valence-corrected chi connectivity index (χ3v) is 5.77. The van der Waals surface area contributed by atoms with Crippen molar-refractivity contribution in [2.24, 2.45) is 5.92 Å². The molecule has 2 heterocycles. The highest BCUT2D eigenvalue weighted by molar-refractivity contribution is 6.43. The van der Waals surface area contributed by atoms with Crippen molar-refractivity contribution in [2.45, 2.75) is 33.1 Å². The van der Waals surface area contributed by atoms with Crippen LogP contribution in [0.5, 0.6) is 0 Å². The van der Waals surface area contributed by atoms with Gasteiger partial charge in [-0.1, -0.05) is 43.1 Å². The second-order valence-corrected chi connectivity index (χ2v) is 7.17. The highest BCUT2D eigenvalue weighted by Gasteiger charge is 2.21. The zero-order valence-electron chi connectivity index (χ0n) is 16.4. The molecule has 150 valence electrons. The lowest BCUT2D eigenvalue weighted by Crippen LogP contribution is -2.47. The van der Waals surface area contributed by atoms with Gasteiger partial charge in [-0.3, -0.25) is 4.90 Å². The summed E-state index contributed by atoms with van der Waals surface area (Å²) < 4.78 is 0. The van der Waals surface area contributed by atoms with Gasteiger partial charge in [-0.05, 0) is 56.9 Å². The van der Waals surface area contributed by atoms with Crippen LogP contribution in [0.25, 0.3) is 0 Å². The SMILES string of the molecule is CC.CCl.Clc1cccc(N2CCN(CCC3CCNCC3)CC2)c1Cl. The summed E-state index contributed by atoms with van der Waals surface area (Å²) in [5, 5.41) is 4.78. The fourth-order valence-electron chi connectivity index (χ4n) is 3.48. The summed E-state index contributed by atoms with van der Waals surface area (Å²) in [7, 11) is 0. The molecular weight excluding hydrogens is 389 g/mol. The Morgan fingerprint density at radius 1 is 1.00 bits per heavy atom. The molecule has 26 heavy (non-hydrogen) atoms. The van der Waals surface area contributed by atoms with Crippen molar-refractivity contribution >= 4 is 40.5 Å². The molecule has 3 rings (SSSR count). The Kier molecular flexibility index (Phi) is 12.8. The van der Waals surface area contributed by atoms with Crippen LogP contribution in [0.15, 0.2) is 18.2 Å². The van der Waals surface area contributed by atoms with E-state index < -0.39 is 0 Å². The molecule has 0 saturated carbocycles. The molecule has 0 atom stereocenters. The number of nitrogens with one attached hydrogen (secondary N) is 1. The van der Waals surface area contributed by atoms with Crippen molar-refractivity contribution in [3.8, 4) is 0 Å². The molecule has 2 aliphatic rings. The predicted molar refractivity (Wildman–Crippen MR) is 118 cm³/mol. The summed E-state index contributed by atoms with van der Waals surface area (Å²) >= 11 is 17.1. The molecule has 0 radical (unpaired) electrons. The first-order chi connectivity index (χ1) is 12.7. The lowest BCUT2D eigenvalue weighted by molar-refractivity contribution is 0.224. The summed E-state index contributed by atoms with van der Waals surface area (Å²) in [4.78, 5) is 4.95. The minimum absolute atomic E-state index is 0.646. The average Bonchev–Trinajstić information content (AvgIpc) is 2.73.